The Hall–Kier alpha value is -3.02. The van der Waals surface area contributed by atoms with Gasteiger partial charge >= 0.3 is 0 Å². The average molecular weight is 333 g/mol. The molecule has 1 N–H and O–H groups in total. The van der Waals surface area contributed by atoms with E-state index >= 15 is 0 Å². The van der Waals surface area contributed by atoms with Crippen molar-refractivity contribution in [2.45, 2.75) is 12.8 Å². The first-order valence-electron chi connectivity index (χ1n) is 8.48. The molecule has 1 aliphatic rings. The topological polar surface area (TPSA) is 71.0 Å². The van der Waals surface area contributed by atoms with Gasteiger partial charge < -0.3 is 10.2 Å². The third-order valence-corrected chi connectivity index (χ3v) is 4.52. The minimum Gasteiger partial charge on any atom is -0.340 e. The molecule has 3 aromatic rings. The van der Waals surface area contributed by atoms with Crippen LogP contribution in [0.5, 0.6) is 0 Å². The Morgan fingerprint density at radius 2 is 1.84 bits per heavy atom. The Morgan fingerprint density at radius 3 is 2.72 bits per heavy atom. The minimum absolute atomic E-state index is 0.0267. The lowest BCUT2D eigenvalue weighted by Crippen LogP contribution is -2.41. The molecule has 1 aliphatic heterocycles. The van der Waals surface area contributed by atoms with Crippen molar-refractivity contribution in [2.75, 3.05) is 23.3 Å². The molecular weight excluding hydrogens is 314 g/mol. The second kappa shape index (κ2) is 6.84. The minimum atomic E-state index is -0.0866. The van der Waals surface area contributed by atoms with Crippen molar-refractivity contribution in [1.82, 2.24) is 15.0 Å². The van der Waals surface area contributed by atoms with Crippen LogP contribution >= 0.6 is 0 Å². The van der Waals surface area contributed by atoms with Crippen LogP contribution in [-0.2, 0) is 4.79 Å². The molecule has 0 radical (unpaired) electrons. The van der Waals surface area contributed by atoms with Crippen LogP contribution < -0.4 is 10.2 Å². The lowest BCUT2D eigenvalue weighted by molar-refractivity contribution is -0.120. The van der Waals surface area contributed by atoms with Crippen LogP contribution in [0, 0.1) is 5.92 Å². The molecule has 0 spiro atoms. The third-order valence-electron chi connectivity index (χ3n) is 4.52. The maximum Gasteiger partial charge on any atom is 0.229 e. The zero-order chi connectivity index (χ0) is 17.1. The lowest BCUT2D eigenvalue weighted by Gasteiger charge is -2.31. The van der Waals surface area contributed by atoms with Gasteiger partial charge in [0.2, 0.25) is 11.9 Å². The fourth-order valence-electron chi connectivity index (χ4n) is 3.27. The standard InChI is InChI=1S/C19H19N5O/c25-18(23-16-8-1-5-14-6-2-9-20-17(14)16)15-7-3-12-24(13-15)19-21-10-4-11-22-19/h1-2,4-6,8-11,15H,3,7,12-13H2,(H,23,25). The highest BCUT2D eigenvalue weighted by Crippen LogP contribution is 2.24. The van der Waals surface area contributed by atoms with Crippen molar-refractivity contribution in [3.05, 3.63) is 55.0 Å². The molecule has 6 heteroatoms. The number of anilines is 2. The monoisotopic (exact) mass is 333 g/mol. The Bertz CT molecular complexity index is 878. The highest BCUT2D eigenvalue weighted by molar-refractivity contribution is 6.01. The van der Waals surface area contributed by atoms with Crippen LogP contribution in [0.25, 0.3) is 10.9 Å². The molecule has 3 heterocycles. The average Bonchev–Trinajstić information content (AvgIpc) is 2.69. The number of fused-ring (bicyclic) bond motifs is 1. The summed E-state index contributed by atoms with van der Waals surface area (Å²) in [4.78, 5) is 27.8. The molecule has 0 bridgehead atoms. The van der Waals surface area contributed by atoms with Gasteiger partial charge in [0.15, 0.2) is 0 Å². The van der Waals surface area contributed by atoms with E-state index in [0.717, 1.165) is 36.0 Å². The van der Waals surface area contributed by atoms with Gasteiger partial charge in [-0.3, -0.25) is 9.78 Å². The number of rotatable bonds is 3. The second-order valence-corrected chi connectivity index (χ2v) is 6.20. The molecule has 1 fully saturated rings. The highest BCUT2D eigenvalue weighted by atomic mass is 16.1. The Kier molecular flexibility index (Phi) is 4.24. The summed E-state index contributed by atoms with van der Waals surface area (Å²) in [5, 5.41) is 4.07. The van der Waals surface area contributed by atoms with Crippen LogP contribution in [0.15, 0.2) is 55.0 Å². The first kappa shape index (κ1) is 15.5. The zero-order valence-electron chi connectivity index (χ0n) is 13.8. The van der Waals surface area contributed by atoms with Gasteiger partial charge in [-0.2, -0.15) is 0 Å². The van der Waals surface area contributed by atoms with Gasteiger partial charge in [0.05, 0.1) is 17.1 Å². The van der Waals surface area contributed by atoms with Crippen molar-refractivity contribution < 1.29 is 4.79 Å². The summed E-state index contributed by atoms with van der Waals surface area (Å²) in [6, 6.07) is 11.5. The summed E-state index contributed by atoms with van der Waals surface area (Å²) >= 11 is 0. The number of carbonyl (C=O) groups is 1. The number of piperidine rings is 1. The third kappa shape index (κ3) is 3.28. The van der Waals surface area contributed by atoms with Gasteiger partial charge in [0.25, 0.3) is 0 Å². The predicted octanol–water partition coefficient (Wildman–Crippen LogP) is 2.88. The lowest BCUT2D eigenvalue weighted by atomic mass is 9.97. The molecule has 6 nitrogen and oxygen atoms in total. The molecule has 25 heavy (non-hydrogen) atoms. The van der Waals surface area contributed by atoms with Crippen LogP contribution in [0.2, 0.25) is 0 Å². The summed E-state index contributed by atoms with van der Waals surface area (Å²) in [7, 11) is 0. The first-order valence-corrected chi connectivity index (χ1v) is 8.48. The predicted molar refractivity (Wildman–Crippen MR) is 97.3 cm³/mol. The van der Waals surface area contributed by atoms with Crippen molar-refractivity contribution in [3.63, 3.8) is 0 Å². The fraction of sp³-hybridized carbons (Fsp3) is 0.263. The van der Waals surface area contributed by atoms with Gasteiger partial charge in [-0.15, -0.1) is 0 Å². The number of hydrogen-bond acceptors (Lipinski definition) is 5. The molecule has 1 aromatic carbocycles. The molecule has 1 saturated heterocycles. The number of benzene rings is 1. The fourth-order valence-corrected chi connectivity index (χ4v) is 3.27. The van der Waals surface area contributed by atoms with Crippen LogP contribution in [0.3, 0.4) is 0 Å². The Morgan fingerprint density at radius 1 is 1.04 bits per heavy atom. The molecule has 1 atom stereocenters. The number of carbonyl (C=O) groups excluding carboxylic acids is 1. The summed E-state index contributed by atoms with van der Waals surface area (Å²) in [6.07, 6.45) is 7.02. The van der Waals surface area contributed by atoms with E-state index in [-0.39, 0.29) is 11.8 Å². The van der Waals surface area contributed by atoms with Gasteiger partial charge in [-0.1, -0.05) is 18.2 Å². The summed E-state index contributed by atoms with van der Waals surface area (Å²) in [6.45, 7) is 1.51. The van der Waals surface area contributed by atoms with Crippen molar-refractivity contribution in [2.24, 2.45) is 5.92 Å². The van der Waals surface area contributed by atoms with E-state index in [1.807, 2.05) is 30.3 Å². The molecule has 4 rings (SSSR count). The SMILES string of the molecule is O=C(Nc1cccc2cccnc12)C1CCCN(c2ncccn2)C1. The summed E-state index contributed by atoms with van der Waals surface area (Å²) < 4.78 is 0. The first-order chi connectivity index (χ1) is 12.3. The molecule has 0 saturated carbocycles. The quantitative estimate of drug-likeness (QED) is 0.798. The number of hydrogen-bond donors (Lipinski definition) is 1. The zero-order valence-corrected chi connectivity index (χ0v) is 13.8. The van der Waals surface area contributed by atoms with E-state index in [1.165, 1.54) is 0 Å². The van der Waals surface area contributed by atoms with Gasteiger partial charge in [0, 0.05) is 37.1 Å². The van der Waals surface area contributed by atoms with E-state index < -0.39 is 0 Å². The van der Waals surface area contributed by atoms with Gasteiger partial charge in [-0.05, 0) is 31.0 Å². The van der Waals surface area contributed by atoms with Crippen LogP contribution in [0.4, 0.5) is 11.6 Å². The van der Waals surface area contributed by atoms with Gasteiger partial charge in [-0.25, -0.2) is 9.97 Å². The van der Waals surface area contributed by atoms with E-state index in [0.29, 0.717) is 12.5 Å². The number of pyridine rings is 1. The Labute approximate surface area is 145 Å². The smallest absolute Gasteiger partial charge is 0.229 e. The van der Waals surface area contributed by atoms with E-state index in [4.69, 9.17) is 0 Å². The number of nitrogens with one attached hydrogen (secondary N) is 1. The number of aromatic nitrogens is 3. The van der Waals surface area contributed by atoms with Crippen molar-refractivity contribution in [3.8, 4) is 0 Å². The summed E-state index contributed by atoms with van der Waals surface area (Å²) in [5.41, 5.74) is 1.58. The maximum atomic E-state index is 12.8. The highest BCUT2D eigenvalue weighted by Gasteiger charge is 2.27. The van der Waals surface area contributed by atoms with Crippen molar-refractivity contribution >= 4 is 28.4 Å². The molecule has 1 amide bonds. The van der Waals surface area contributed by atoms with E-state index in [9.17, 15) is 4.79 Å². The number of amides is 1. The molecule has 126 valence electrons. The molecule has 2 aromatic heterocycles. The van der Waals surface area contributed by atoms with Crippen LogP contribution in [0.1, 0.15) is 12.8 Å². The second-order valence-electron chi connectivity index (χ2n) is 6.20. The summed E-state index contributed by atoms with van der Waals surface area (Å²) in [5.74, 6) is 0.627. The van der Waals surface area contributed by atoms with Crippen LogP contribution in [-0.4, -0.2) is 33.9 Å². The molecular formula is C19H19N5O. The normalized spacial score (nSPS) is 17.4. The number of nitrogens with zero attached hydrogens (tertiary/aromatic N) is 4. The molecule has 1 unspecified atom stereocenters. The number of para-hydroxylation sites is 1. The van der Waals surface area contributed by atoms with E-state index in [1.54, 1.807) is 24.7 Å². The van der Waals surface area contributed by atoms with E-state index in [2.05, 4.69) is 25.2 Å². The molecule has 0 aliphatic carbocycles. The Balaban J connectivity index is 1.51. The van der Waals surface area contributed by atoms with Gasteiger partial charge in [0.1, 0.15) is 0 Å². The largest absolute Gasteiger partial charge is 0.340 e. The maximum absolute atomic E-state index is 12.8. The van der Waals surface area contributed by atoms with Crippen molar-refractivity contribution in [1.29, 1.82) is 0 Å².